The number of anilines is 1. The number of carbonyl (C=O) groups is 1. The lowest BCUT2D eigenvalue weighted by Crippen LogP contribution is -2.18. The highest BCUT2D eigenvalue weighted by Gasteiger charge is 2.41. The molecule has 0 unspecified atom stereocenters. The molecule has 1 aromatic heterocycles. The molecule has 0 bridgehead atoms. The summed E-state index contributed by atoms with van der Waals surface area (Å²) in [7, 11) is 0. The van der Waals surface area contributed by atoms with Gasteiger partial charge in [-0.2, -0.15) is 4.98 Å². The van der Waals surface area contributed by atoms with Crippen molar-refractivity contribution < 1.29 is 14.3 Å². The van der Waals surface area contributed by atoms with Crippen LogP contribution in [0.2, 0.25) is 0 Å². The molecule has 2 fully saturated rings. The minimum absolute atomic E-state index is 0.0399. The van der Waals surface area contributed by atoms with Gasteiger partial charge in [0, 0.05) is 6.54 Å². The van der Waals surface area contributed by atoms with Crippen LogP contribution >= 0.6 is 0 Å². The molecule has 0 amide bonds. The van der Waals surface area contributed by atoms with Crippen molar-refractivity contribution in [3.8, 4) is 0 Å². The number of hydrogen-bond acceptors (Lipinski definition) is 4. The summed E-state index contributed by atoms with van der Waals surface area (Å²) in [6.07, 6.45) is 6.54. The molecule has 92 valence electrons. The zero-order chi connectivity index (χ0) is 11.8. The van der Waals surface area contributed by atoms with Crippen molar-refractivity contribution in [2.24, 2.45) is 17.8 Å². The van der Waals surface area contributed by atoms with Gasteiger partial charge in [0.15, 0.2) is 5.69 Å². The van der Waals surface area contributed by atoms with E-state index in [0.29, 0.717) is 6.01 Å². The fourth-order valence-corrected chi connectivity index (χ4v) is 2.43. The third-order valence-corrected chi connectivity index (χ3v) is 3.67. The molecule has 2 aliphatic rings. The highest BCUT2D eigenvalue weighted by molar-refractivity contribution is 5.85. The Balaban J connectivity index is 1.56. The third-order valence-electron chi connectivity index (χ3n) is 3.67. The van der Waals surface area contributed by atoms with Crippen molar-refractivity contribution in [1.29, 1.82) is 0 Å². The Kier molecular flexibility index (Phi) is 2.53. The predicted octanol–water partition coefficient (Wildman–Crippen LogP) is 2.22. The summed E-state index contributed by atoms with van der Waals surface area (Å²) in [5.41, 5.74) is -0.0399. The van der Waals surface area contributed by atoms with E-state index in [9.17, 15) is 4.79 Å². The SMILES string of the molecule is O=C(O)c1coc(NCC(C2CC2)C2CC2)n1. The number of hydrogen-bond donors (Lipinski definition) is 2. The van der Waals surface area contributed by atoms with Gasteiger partial charge in [0.2, 0.25) is 0 Å². The van der Waals surface area contributed by atoms with Crippen LogP contribution in [-0.2, 0) is 0 Å². The van der Waals surface area contributed by atoms with E-state index in [1.165, 1.54) is 31.9 Å². The maximum absolute atomic E-state index is 10.6. The van der Waals surface area contributed by atoms with Crippen LogP contribution in [0.3, 0.4) is 0 Å². The van der Waals surface area contributed by atoms with Gasteiger partial charge in [-0.05, 0) is 43.4 Å². The summed E-state index contributed by atoms with van der Waals surface area (Å²) in [5.74, 6) is 1.39. The molecule has 17 heavy (non-hydrogen) atoms. The largest absolute Gasteiger partial charge is 0.476 e. The lowest BCUT2D eigenvalue weighted by atomic mass is 9.98. The van der Waals surface area contributed by atoms with Crippen LogP contribution in [0, 0.1) is 17.8 Å². The topological polar surface area (TPSA) is 75.4 Å². The van der Waals surface area contributed by atoms with Crippen molar-refractivity contribution in [2.45, 2.75) is 25.7 Å². The van der Waals surface area contributed by atoms with E-state index >= 15 is 0 Å². The zero-order valence-electron chi connectivity index (χ0n) is 9.56. The van der Waals surface area contributed by atoms with Gasteiger partial charge in [0.1, 0.15) is 6.26 Å². The molecule has 2 aliphatic carbocycles. The summed E-state index contributed by atoms with van der Waals surface area (Å²) in [6.45, 7) is 0.856. The Bertz CT molecular complexity index is 409. The van der Waals surface area contributed by atoms with E-state index in [4.69, 9.17) is 9.52 Å². The van der Waals surface area contributed by atoms with Gasteiger partial charge in [0.25, 0.3) is 6.01 Å². The van der Waals surface area contributed by atoms with Gasteiger partial charge < -0.3 is 14.8 Å². The van der Waals surface area contributed by atoms with Crippen LogP contribution in [0.4, 0.5) is 6.01 Å². The fraction of sp³-hybridized carbons (Fsp3) is 0.667. The monoisotopic (exact) mass is 236 g/mol. The molecular formula is C12H16N2O3. The molecule has 1 aromatic rings. The van der Waals surface area contributed by atoms with Crippen LogP contribution in [-0.4, -0.2) is 22.6 Å². The number of carboxylic acid groups (broad SMARTS) is 1. The zero-order valence-corrected chi connectivity index (χ0v) is 9.56. The first-order chi connectivity index (χ1) is 8.24. The maximum Gasteiger partial charge on any atom is 0.357 e. The summed E-state index contributed by atoms with van der Waals surface area (Å²) < 4.78 is 5.07. The Labute approximate surface area is 99.2 Å². The number of oxazole rings is 1. The van der Waals surface area contributed by atoms with Gasteiger partial charge >= 0.3 is 5.97 Å². The second-order valence-corrected chi connectivity index (χ2v) is 5.06. The number of nitrogens with one attached hydrogen (secondary N) is 1. The van der Waals surface area contributed by atoms with Gasteiger partial charge in [0.05, 0.1) is 0 Å². The molecule has 3 rings (SSSR count). The van der Waals surface area contributed by atoms with Gasteiger partial charge in [-0.15, -0.1) is 0 Å². The first-order valence-corrected chi connectivity index (χ1v) is 6.16. The maximum atomic E-state index is 10.6. The van der Waals surface area contributed by atoms with Gasteiger partial charge in [-0.25, -0.2) is 4.79 Å². The summed E-state index contributed by atoms with van der Waals surface area (Å²) in [6, 6.07) is 0.328. The fourth-order valence-electron chi connectivity index (χ4n) is 2.43. The third kappa shape index (κ3) is 2.43. The predicted molar refractivity (Wildman–Crippen MR) is 60.9 cm³/mol. The number of aromatic nitrogens is 1. The van der Waals surface area contributed by atoms with Gasteiger partial charge in [-0.3, -0.25) is 0 Å². The lowest BCUT2D eigenvalue weighted by molar-refractivity contribution is 0.0690. The molecule has 0 spiro atoms. The Hall–Kier alpha value is -1.52. The van der Waals surface area contributed by atoms with E-state index in [1.807, 2.05) is 0 Å². The highest BCUT2D eigenvalue weighted by atomic mass is 16.4. The van der Waals surface area contributed by atoms with Gasteiger partial charge in [-0.1, -0.05) is 0 Å². The Morgan fingerprint density at radius 2 is 2.12 bits per heavy atom. The van der Waals surface area contributed by atoms with E-state index in [1.54, 1.807) is 0 Å². The van der Waals surface area contributed by atoms with Crippen LogP contribution in [0.5, 0.6) is 0 Å². The van der Waals surface area contributed by atoms with E-state index < -0.39 is 5.97 Å². The molecule has 5 heteroatoms. The number of carboxylic acids is 1. The second kappa shape index (κ2) is 4.05. The molecule has 0 saturated heterocycles. The molecule has 0 aromatic carbocycles. The standard InChI is InChI=1S/C12H16N2O3/c15-11(16)10-6-17-12(14-10)13-5-9(7-1-2-7)8-3-4-8/h6-9H,1-5H2,(H,13,14)(H,15,16). The number of aromatic carboxylic acids is 1. The smallest absolute Gasteiger partial charge is 0.357 e. The molecular weight excluding hydrogens is 220 g/mol. The first kappa shape index (κ1) is 10.6. The van der Waals surface area contributed by atoms with Crippen LogP contribution in [0.25, 0.3) is 0 Å². The molecule has 2 N–H and O–H groups in total. The van der Waals surface area contributed by atoms with Crippen LogP contribution < -0.4 is 5.32 Å². The Morgan fingerprint density at radius 3 is 2.59 bits per heavy atom. The second-order valence-electron chi connectivity index (χ2n) is 5.06. The van der Waals surface area contributed by atoms with Crippen molar-refractivity contribution in [1.82, 2.24) is 4.98 Å². The van der Waals surface area contributed by atoms with E-state index in [2.05, 4.69) is 10.3 Å². The molecule has 0 aliphatic heterocycles. The van der Waals surface area contributed by atoms with E-state index in [-0.39, 0.29) is 5.69 Å². The van der Waals surface area contributed by atoms with Crippen molar-refractivity contribution in [2.75, 3.05) is 11.9 Å². The van der Waals surface area contributed by atoms with Crippen molar-refractivity contribution >= 4 is 12.0 Å². The normalized spacial score (nSPS) is 19.6. The van der Waals surface area contributed by atoms with Crippen LogP contribution in [0.1, 0.15) is 36.2 Å². The average Bonchev–Trinajstić information content (AvgIpc) is 3.20. The Morgan fingerprint density at radius 1 is 1.47 bits per heavy atom. The molecule has 1 heterocycles. The molecule has 5 nitrogen and oxygen atoms in total. The van der Waals surface area contributed by atoms with E-state index in [0.717, 1.165) is 24.3 Å². The van der Waals surface area contributed by atoms with Crippen LogP contribution in [0.15, 0.2) is 10.7 Å². The number of rotatable bonds is 6. The molecule has 0 radical (unpaired) electrons. The summed E-state index contributed by atoms with van der Waals surface area (Å²) >= 11 is 0. The minimum Gasteiger partial charge on any atom is -0.476 e. The highest BCUT2D eigenvalue weighted by Crippen LogP contribution is 2.49. The van der Waals surface area contributed by atoms with Crippen molar-refractivity contribution in [3.05, 3.63) is 12.0 Å². The minimum atomic E-state index is -1.05. The average molecular weight is 236 g/mol. The molecule has 2 saturated carbocycles. The first-order valence-electron chi connectivity index (χ1n) is 6.16. The molecule has 0 atom stereocenters. The summed E-state index contributed by atoms with van der Waals surface area (Å²) in [5, 5.41) is 11.8. The summed E-state index contributed by atoms with van der Waals surface area (Å²) in [4.78, 5) is 14.5. The van der Waals surface area contributed by atoms with Crippen molar-refractivity contribution in [3.63, 3.8) is 0 Å². The number of nitrogens with zero attached hydrogens (tertiary/aromatic N) is 1. The lowest BCUT2D eigenvalue weighted by Gasteiger charge is -2.14. The quantitative estimate of drug-likeness (QED) is 0.792.